The third-order valence-corrected chi connectivity index (χ3v) is 3.20. The third-order valence-electron chi connectivity index (χ3n) is 3.20. The largest absolute Gasteiger partial charge is 0.247 e. The number of fused-ring (bicyclic) bond motifs is 1. The molecule has 2 aliphatic carbocycles. The van der Waals surface area contributed by atoms with Crippen molar-refractivity contribution < 1.29 is 4.39 Å². The Kier molecular flexibility index (Phi) is 0.950. The van der Waals surface area contributed by atoms with E-state index in [4.69, 9.17) is 0 Å². The van der Waals surface area contributed by atoms with Crippen LogP contribution in [0.4, 0.5) is 4.39 Å². The molecule has 52 valence electrons. The molecule has 1 heteroatoms. The van der Waals surface area contributed by atoms with Gasteiger partial charge in [0.1, 0.15) is 6.17 Å². The predicted octanol–water partition coefficient (Wildman–Crippen LogP) is 2.53. The first kappa shape index (κ1) is 5.70. The van der Waals surface area contributed by atoms with Gasteiger partial charge in [-0.15, -0.1) is 0 Å². The van der Waals surface area contributed by atoms with Crippen molar-refractivity contribution in [1.29, 1.82) is 0 Å². The minimum atomic E-state index is -0.444. The van der Waals surface area contributed by atoms with Gasteiger partial charge < -0.3 is 0 Å². The van der Waals surface area contributed by atoms with E-state index in [0.717, 1.165) is 12.8 Å². The molecule has 0 radical (unpaired) electrons. The van der Waals surface area contributed by atoms with E-state index >= 15 is 0 Å². The van der Waals surface area contributed by atoms with Crippen molar-refractivity contribution in [2.24, 2.45) is 11.3 Å². The lowest BCUT2D eigenvalue weighted by Crippen LogP contribution is -2.04. The summed E-state index contributed by atoms with van der Waals surface area (Å²) in [4.78, 5) is 0. The average molecular weight is 128 g/mol. The predicted molar refractivity (Wildman–Crippen MR) is 35.0 cm³/mol. The summed E-state index contributed by atoms with van der Waals surface area (Å²) >= 11 is 0. The zero-order valence-corrected chi connectivity index (χ0v) is 5.86. The van der Waals surface area contributed by atoms with Crippen LogP contribution in [0, 0.1) is 11.3 Å². The van der Waals surface area contributed by atoms with Crippen LogP contribution in [0.2, 0.25) is 0 Å². The molecule has 0 unspecified atom stereocenters. The molecular formula is C8H13F. The molecule has 0 saturated heterocycles. The van der Waals surface area contributed by atoms with Gasteiger partial charge in [0.05, 0.1) is 0 Å². The Morgan fingerprint density at radius 1 is 1.44 bits per heavy atom. The van der Waals surface area contributed by atoms with Gasteiger partial charge in [0.25, 0.3) is 0 Å². The van der Waals surface area contributed by atoms with Crippen molar-refractivity contribution in [2.45, 2.75) is 38.8 Å². The Labute approximate surface area is 55.4 Å². The van der Waals surface area contributed by atoms with Crippen molar-refractivity contribution in [3.05, 3.63) is 0 Å². The van der Waals surface area contributed by atoms with Crippen LogP contribution in [0.25, 0.3) is 0 Å². The molecule has 0 aromatic carbocycles. The molecule has 2 fully saturated rings. The lowest BCUT2D eigenvalue weighted by Gasteiger charge is -2.14. The number of alkyl halides is 1. The maximum Gasteiger partial charge on any atom is 0.109 e. The van der Waals surface area contributed by atoms with Crippen LogP contribution in [-0.4, -0.2) is 6.17 Å². The quantitative estimate of drug-likeness (QED) is 0.470. The summed E-state index contributed by atoms with van der Waals surface area (Å²) in [5.41, 5.74) is 0.137. The van der Waals surface area contributed by atoms with Crippen molar-refractivity contribution in [3.63, 3.8) is 0 Å². The lowest BCUT2D eigenvalue weighted by atomic mass is 9.90. The Balaban J connectivity index is 2.10. The molecule has 0 N–H and O–H groups in total. The van der Waals surface area contributed by atoms with Crippen LogP contribution in [0.3, 0.4) is 0 Å². The monoisotopic (exact) mass is 128 g/mol. The summed E-state index contributed by atoms with van der Waals surface area (Å²) in [6, 6.07) is 0. The Hall–Kier alpha value is -0.0700. The summed E-state index contributed by atoms with van der Waals surface area (Å²) < 4.78 is 12.9. The molecule has 3 atom stereocenters. The van der Waals surface area contributed by atoms with Gasteiger partial charge >= 0.3 is 0 Å². The Morgan fingerprint density at radius 3 is 2.67 bits per heavy atom. The van der Waals surface area contributed by atoms with Crippen LogP contribution in [0.5, 0.6) is 0 Å². The second-order valence-corrected chi connectivity index (χ2v) is 3.76. The highest BCUT2D eigenvalue weighted by Gasteiger charge is 2.62. The second-order valence-electron chi connectivity index (χ2n) is 3.76. The van der Waals surface area contributed by atoms with Gasteiger partial charge in [0.2, 0.25) is 0 Å². The van der Waals surface area contributed by atoms with E-state index in [1.165, 1.54) is 12.8 Å². The molecule has 2 saturated carbocycles. The van der Waals surface area contributed by atoms with E-state index in [1.807, 2.05) is 0 Å². The molecule has 0 heterocycles. The molecular weight excluding hydrogens is 115 g/mol. The van der Waals surface area contributed by atoms with Crippen LogP contribution in [0.15, 0.2) is 0 Å². The summed E-state index contributed by atoms with van der Waals surface area (Å²) in [6.07, 6.45) is 4.37. The number of hydrogen-bond donors (Lipinski definition) is 0. The van der Waals surface area contributed by atoms with Crippen molar-refractivity contribution in [2.75, 3.05) is 0 Å². The molecule has 0 spiro atoms. The van der Waals surface area contributed by atoms with E-state index in [0.29, 0.717) is 5.92 Å². The van der Waals surface area contributed by atoms with Crippen LogP contribution < -0.4 is 0 Å². The van der Waals surface area contributed by atoms with Gasteiger partial charge in [-0.2, -0.15) is 0 Å². The zero-order chi connectivity index (χ0) is 6.48. The minimum Gasteiger partial charge on any atom is -0.247 e. The molecule has 2 rings (SSSR count). The number of rotatable bonds is 0. The average Bonchev–Trinajstić information content (AvgIpc) is 2.38. The van der Waals surface area contributed by atoms with E-state index < -0.39 is 6.17 Å². The van der Waals surface area contributed by atoms with E-state index in [1.54, 1.807) is 0 Å². The minimum absolute atomic E-state index is 0.137. The highest BCUT2D eigenvalue weighted by molar-refractivity contribution is 5.10. The first-order valence-electron chi connectivity index (χ1n) is 3.89. The molecule has 9 heavy (non-hydrogen) atoms. The molecule has 0 aromatic rings. The SMILES string of the molecule is C[C@]12CCCC[C@@H]1[C@@H]2F. The topological polar surface area (TPSA) is 0 Å². The van der Waals surface area contributed by atoms with Gasteiger partial charge in [-0.1, -0.05) is 19.8 Å². The highest BCUT2D eigenvalue weighted by atomic mass is 19.1. The summed E-state index contributed by atoms with van der Waals surface area (Å²) in [5, 5.41) is 0. The van der Waals surface area contributed by atoms with E-state index in [2.05, 4.69) is 6.92 Å². The smallest absolute Gasteiger partial charge is 0.109 e. The molecule has 2 aliphatic rings. The normalized spacial score (nSPS) is 56.7. The molecule has 0 amide bonds. The fraction of sp³-hybridized carbons (Fsp3) is 1.00. The first-order valence-corrected chi connectivity index (χ1v) is 3.89. The maximum absolute atomic E-state index is 12.9. The second kappa shape index (κ2) is 1.50. The van der Waals surface area contributed by atoms with Gasteiger partial charge in [-0.05, 0) is 18.8 Å². The van der Waals surface area contributed by atoms with E-state index in [-0.39, 0.29) is 5.41 Å². The molecule has 0 nitrogen and oxygen atoms in total. The van der Waals surface area contributed by atoms with Crippen molar-refractivity contribution >= 4 is 0 Å². The van der Waals surface area contributed by atoms with E-state index in [9.17, 15) is 4.39 Å². The zero-order valence-electron chi connectivity index (χ0n) is 5.86. The summed E-state index contributed by atoms with van der Waals surface area (Å²) in [6.45, 7) is 2.10. The summed E-state index contributed by atoms with van der Waals surface area (Å²) in [7, 11) is 0. The van der Waals surface area contributed by atoms with Crippen LogP contribution in [0.1, 0.15) is 32.6 Å². The van der Waals surface area contributed by atoms with Crippen molar-refractivity contribution in [3.8, 4) is 0 Å². The van der Waals surface area contributed by atoms with Crippen LogP contribution >= 0.6 is 0 Å². The fourth-order valence-corrected chi connectivity index (χ4v) is 2.27. The molecule has 0 aromatic heterocycles. The van der Waals surface area contributed by atoms with Crippen molar-refractivity contribution in [1.82, 2.24) is 0 Å². The van der Waals surface area contributed by atoms with Crippen LogP contribution in [-0.2, 0) is 0 Å². The van der Waals surface area contributed by atoms with Gasteiger partial charge in [-0.25, -0.2) is 4.39 Å². The van der Waals surface area contributed by atoms with Gasteiger partial charge in [0.15, 0.2) is 0 Å². The Bertz CT molecular complexity index is 133. The molecule has 0 bridgehead atoms. The standard InChI is InChI=1S/C8H13F/c1-8-5-3-2-4-6(8)7(8)9/h6-7H,2-5H2,1H3/t6-,7+,8+/m1/s1. The lowest BCUT2D eigenvalue weighted by molar-refractivity contribution is 0.336. The van der Waals surface area contributed by atoms with Gasteiger partial charge in [-0.3, -0.25) is 0 Å². The van der Waals surface area contributed by atoms with Gasteiger partial charge in [0, 0.05) is 5.41 Å². The maximum atomic E-state index is 12.9. The summed E-state index contributed by atoms with van der Waals surface area (Å²) in [5.74, 6) is 0.450. The Morgan fingerprint density at radius 2 is 2.22 bits per heavy atom. The number of hydrogen-bond acceptors (Lipinski definition) is 0. The molecule has 0 aliphatic heterocycles. The highest BCUT2D eigenvalue weighted by Crippen LogP contribution is 2.62. The first-order chi connectivity index (χ1) is 4.25. The number of halogens is 1. The third kappa shape index (κ3) is 0.580. The fourth-order valence-electron chi connectivity index (χ4n) is 2.27.